The predicted molar refractivity (Wildman–Crippen MR) is 92.0 cm³/mol. The second-order valence-corrected chi connectivity index (χ2v) is 5.25. The molecule has 0 bridgehead atoms. The fraction of sp³-hybridized carbons (Fsp3) is 0.294. The predicted octanol–water partition coefficient (Wildman–Crippen LogP) is 2.15. The van der Waals surface area contributed by atoms with Crippen LogP contribution in [0.5, 0.6) is 0 Å². The molecule has 2 rings (SSSR count). The molecule has 0 saturated carbocycles. The molecule has 0 unspecified atom stereocenters. The third-order valence-corrected chi connectivity index (χ3v) is 3.37. The molecule has 2 N–H and O–H groups in total. The maximum absolute atomic E-state index is 13.6. The Kier molecular flexibility index (Phi) is 5.91. The molecule has 122 valence electrons. The van der Waals surface area contributed by atoms with Crippen molar-refractivity contribution in [1.82, 2.24) is 15.6 Å². The molecule has 0 atom stereocenters. The van der Waals surface area contributed by atoms with Crippen LogP contribution >= 0.6 is 0 Å². The number of halogens is 1. The van der Waals surface area contributed by atoms with Crippen LogP contribution in [0.15, 0.2) is 47.6 Å². The molecule has 23 heavy (non-hydrogen) atoms. The first-order chi connectivity index (χ1) is 11.1. The van der Waals surface area contributed by atoms with Gasteiger partial charge in [0.15, 0.2) is 5.96 Å². The lowest BCUT2D eigenvalue weighted by Crippen LogP contribution is -2.36. The van der Waals surface area contributed by atoms with Gasteiger partial charge < -0.3 is 15.5 Å². The summed E-state index contributed by atoms with van der Waals surface area (Å²) in [7, 11) is 5.60. The lowest BCUT2D eigenvalue weighted by Gasteiger charge is -2.17. The molecule has 0 aliphatic rings. The molecule has 0 amide bonds. The summed E-state index contributed by atoms with van der Waals surface area (Å²) in [6, 6.07) is 10.6. The highest BCUT2D eigenvalue weighted by atomic mass is 19.1. The number of hydrogen-bond acceptors (Lipinski definition) is 3. The molecule has 0 aliphatic carbocycles. The van der Waals surface area contributed by atoms with Crippen LogP contribution in [-0.2, 0) is 13.1 Å². The van der Waals surface area contributed by atoms with Gasteiger partial charge in [0.1, 0.15) is 11.6 Å². The lowest BCUT2D eigenvalue weighted by atomic mass is 10.2. The Bertz CT molecular complexity index is 670. The van der Waals surface area contributed by atoms with Crippen LogP contribution in [0.1, 0.15) is 11.1 Å². The number of nitrogens with one attached hydrogen (secondary N) is 2. The lowest BCUT2D eigenvalue weighted by molar-refractivity contribution is 0.604. The molecule has 0 fully saturated rings. The minimum Gasteiger partial charge on any atom is -0.362 e. The van der Waals surface area contributed by atoms with Crippen LogP contribution in [0, 0.1) is 5.82 Å². The smallest absolute Gasteiger partial charge is 0.191 e. The Hall–Kier alpha value is -2.63. The van der Waals surface area contributed by atoms with Gasteiger partial charge >= 0.3 is 0 Å². The summed E-state index contributed by atoms with van der Waals surface area (Å²) in [6.45, 7) is 0.957. The molecule has 6 heteroatoms. The molecular weight excluding hydrogens is 293 g/mol. The van der Waals surface area contributed by atoms with Crippen LogP contribution in [0.2, 0.25) is 0 Å². The van der Waals surface area contributed by atoms with Crippen LogP contribution in [0.25, 0.3) is 0 Å². The highest BCUT2D eigenvalue weighted by Crippen LogP contribution is 2.13. The van der Waals surface area contributed by atoms with Crippen molar-refractivity contribution in [2.75, 3.05) is 26.0 Å². The number of aliphatic imine (C=N–C) groups is 1. The zero-order valence-electron chi connectivity index (χ0n) is 13.7. The van der Waals surface area contributed by atoms with E-state index < -0.39 is 0 Å². The van der Waals surface area contributed by atoms with E-state index in [4.69, 9.17) is 0 Å². The molecule has 1 heterocycles. The Morgan fingerprint density at radius 2 is 1.74 bits per heavy atom. The maximum Gasteiger partial charge on any atom is 0.191 e. The van der Waals surface area contributed by atoms with Crippen molar-refractivity contribution in [2.45, 2.75) is 13.1 Å². The van der Waals surface area contributed by atoms with E-state index in [1.54, 1.807) is 25.4 Å². The minimum atomic E-state index is -0.224. The fourth-order valence-electron chi connectivity index (χ4n) is 2.19. The van der Waals surface area contributed by atoms with Gasteiger partial charge in [-0.1, -0.05) is 24.3 Å². The zero-order valence-corrected chi connectivity index (χ0v) is 13.7. The largest absolute Gasteiger partial charge is 0.362 e. The summed E-state index contributed by atoms with van der Waals surface area (Å²) >= 11 is 0. The van der Waals surface area contributed by atoms with Gasteiger partial charge in [-0.3, -0.25) is 4.99 Å². The van der Waals surface area contributed by atoms with Crippen LogP contribution in [-0.4, -0.2) is 32.1 Å². The zero-order chi connectivity index (χ0) is 16.7. The van der Waals surface area contributed by atoms with Gasteiger partial charge in [0, 0.05) is 51.6 Å². The molecule has 1 aromatic heterocycles. The Morgan fingerprint density at radius 1 is 1.09 bits per heavy atom. The molecule has 2 aromatic rings. The van der Waals surface area contributed by atoms with Gasteiger partial charge in [0.2, 0.25) is 0 Å². The summed E-state index contributed by atoms with van der Waals surface area (Å²) in [5, 5.41) is 6.33. The summed E-state index contributed by atoms with van der Waals surface area (Å²) in [5.74, 6) is 1.30. The quantitative estimate of drug-likeness (QED) is 0.656. The first-order valence-electron chi connectivity index (χ1n) is 7.41. The van der Waals surface area contributed by atoms with Gasteiger partial charge in [0.05, 0.1) is 0 Å². The van der Waals surface area contributed by atoms with E-state index in [2.05, 4.69) is 20.6 Å². The van der Waals surface area contributed by atoms with Crippen LogP contribution < -0.4 is 15.5 Å². The van der Waals surface area contributed by atoms with Gasteiger partial charge in [-0.25, -0.2) is 9.37 Å². The third kappa shape index (κ3) is 4.67. The summed E-state index contributed by atoms with van der Waals surface area (Å²) in [5.41, 5.74) is 1.66. The Labute approximate surface area is 136 Å². The van der Waals surface area contributed by atoms with Gasteiger partial charge in [-0.15, -0.1) is 0 Å². The van der Waals surface area contributed by atoms with E-state index in [9.17, 15) is 4.39 Å². The van der Waals surface area contributed by atoms with Crippen molar-refractivity contribution in [3.63, 3.8) is 0 Å². The topological polar surface area (TPSA) is 52.6 Å². The number of pyridine rings is 1. The molecule has 0 spiro atoms. The number of benzene rings is 1. The van der Waals surface area contributed by atoms with Gasteiger partial charge in [-0.05, 0) is 12.1 Å². The van der Waals surface area contributed by atoms with Crippen molar-refractivity contribution < 1.29 is 4.39 Å². The number of hydrogen-bond donors (Lipinski definition) is 2. The highest BCUT2D eigenvalue weighted by molar-refractivity contribution is 5.79. The second-order valence-electron chi connectivity index (χ2n) is 5.25. The molecule has 0 radical (unpaired) electrons. The maximum atomic E-state index is 13.6. The molecule has 5 nitrogen and oxygen atoms in total. The summed E-state index contributed by atoms with van der Waals surface area (Å²) in [6.07, 6.45) is 1.77. The van der Waals surface area contributed by atoms with Gasteiger partial charge in [0.25, 0.3) is 0 Å². The summed E-state index contributed by atoms with van der Waals surface area (Å²) in [4.78, 5) is 10.5. The first-order valence-corrected chi connectivity index (χ1v) is 7.41. The molecular formula is C17H22FN5. The highest BCUT2D eigenvalue weighted by Gasteiger charge is 2.07. The van der Waals surface area contributed by atoms with Gasteiger partial charge in [-0.2, -0.15) is 0 Å². The SMILES string of the molecule is CN=C(NCc1ccccc1F)NCc1cccnc1N(C)C. The average molecular weight is 315 g/mol. The number of anilines is 1. The molecule has 1 aromatic carbocycles. The first kappa shape index (κ1) is 16.7. The van der Waals surface area contributed by atoms with E-state index in [0.717, 1.165) is 11.4 Å². The monoisotopic (exact) mass is 315 g/mol. The minimum absolute atomic E-state index is 0.224. The summed E-state index contributed by atoms with van der Waals surface area (Å²) < 4.78 is 13.6. The Morgan fingerprint density at radius 3 is 2.39 bits per heavy atom. The van der Waals surface area contributed by atoms with Crippen molar-refractivity contribution in [3.8, 4) is 0 Å². The van der Waals surface area contributed by atoms with Crippen molar-refractivity contribution in [2.24, 2.45) is 4.99 Å². The number of nitrogens with zero attached hydrogens (tertiary/aromatic N) is 3. The van der Waals surface area contributed by atoms with E-state index in [-0.39, 0.29) is 5.82 Å². The average Bonchev–Trinajstić information content (AvgIpc) is 2.56. The van der Waals surface area contributed by atoms with Crippen LogP contribution in [0.4, 0.5) is 10.2 Å². The standard InChI is InChI=1S/C17H22FN5/c1-19-17(21-11-13-7-4-5-9-15(13)18)22-12-14-8-6-10-20-16(14)23(2)3/h4-10H,11-12H2,1-3H3,(H2,19,21,22). The van der Waals surface area contributed by atoms with E-state index in [1.807, 2.05) is 37.2 Å². The number of aromatic nitrogens is 1. The van der Waals surface area contributed by atoms with E-state index in [1.165, 1.54) is 6.07 Å². The fourth-order valence-corrected chi connectivity index (χ4v) is 2.19. The third-order valence-electron chi connectivity index (χ3n) is 3.37. The van der Waals surface area contributed by atoms with E-state index in [0.29, 0.717) is 24.6 Å². The molecule has 0 aliphatic heterocycles. The number of guanidine groups is 1. The Balaban J connectivity index is 1.95. The molecule has 0 saturated heterocycles. The van der Waals surface area contributed by atoms with Crippen LogP contribution in [0.3, 0.4) is 0 Å². The second kappa shape index (κ2) is 8.12. The van der Waals surface area contributed by atoms with Crippen molar-refractivity contribution >= 4 is 11.8 Å². The van der Waals surface area contributed by atoms with E-state index >= 15 is 0 Å². The number of rotatable bonds is 5. The normalized spacial score (nSPS) is 11.2. The van der Waals surface area contributed by atoms with Crippen molar-refractivity contribution in [1.29, 1.82) is 0 Å². The van der Waals surface area contributed by atoms with Crippen molar-refractivity contribution in [3.05, 3.63) is 59.5 Å².